The number of rotatable bonds is 3. The molecule has 0 spiro atoms. The van der Waals surface area contributed by atoms with Crippen molar-refractivity contribution >= 4 is 10.2 Å². The van der Waals surface area contributed by atoms with E-state index in [2.05, 4.69) is 0 Å². The molecule has 0 aromatic rings. The second-order valence-corrected chi connectivity index (χ2v) is 5.58. The van der Waals surface area contributed by atoms with Gasteiger partial charge in [-0.15, -0.1) is 0 Å². The first kappa shape index (κ1) is 10.9. The van der Waals surface area contributed by atoms with E-state index in [0.29, 0.717) is 0 Å². The molecule has 78 valence electrons. The van der Waals surface area contributed by atoms with Crippen molar-refractivity contribution in [2.24, 2.45) is 0 Å². The fourth-order valence-electron chi connectivity index (χ4n) is 1.05. The Balaban J connectivity index is 2.67. The maximum absolute atomic E-state index is 11.6. The number of β-amino-alcohol motifs (C(OH)–C–C–N with tert-alkyl or cyclic N) is 1. The van der Waals surface area contributed by atoms with Gasteiger partial charge in [0.15, 0.2) is 0 Å². The van der Waals surface area contributed by atoms with E-state index in [1.807, 2.05) is 13.8 Å². The molecule has 0 unspecified atom stereocenters. The molecule has 0 aliphatic carbocycles. The largest absolute Gasteiger partial charge is 0.390 e. The van der Waals surface area contributed by atoms with Crippen LogP contribution in [0.15, 0.2) is 0 Å². The van der Waals surface area contributed by atoms with E-state index in [0.717, 1.165) is 0 Å². The summed E-state index contributed by atoms with van der Waals surface area (Å²) in [5.74, 6) is 0. The lowest BCUT2D eigenvalue weighted by Gasteiger charge is -2.38. The minimum absolute atomic E-state index is 0.0530. The molecule has 6 heteroatoms. The summed E-state index contributed by atoms with van der Waals surface area (Å²) >= 11 is 0. The monoisotopic (exact) mass is 208 g/mol. The van der Waals surface area contributed by atoms with Gasteiger partial charge in [0.05, 0.1) is 6.10 Å². The molecule has 1 rings (SSSR count). The average molecular weight is 208 g/mol. The highest BCUT2D eigenvalue weighted by atomic mass is 32.2. The molecule has 1 fully saturated rings. The van der Waals surface area contributed by atoms with Crippen LogP contribution in [0.4, 0.5) is 0 Å². The van der Waals surface area contributed by atoms with Crippen LogP contribution in [0.25, 0.3) is 0 Å². The van der Waals surface area contributed by atoms with Crippen molar-refractivity contribution in [3.05, 3.63) is 0 Å². The van der Waals surface area contributed by atoms with Gasteiger partial charge >= 0.3 is 0 Å². The summed E-state index contributed by atoms with van der Waals surface area (Å²) in [6.07, 6.45) is -0.490. The first-order valence-corrected chi connectivity index (χ1v) is 5.66. The van der Waals surface area contributed by atoms with Gasteiger partial charge in [-0.25, -0.2) is 0 Å². The average Bonchev–Trinajstić information content (AvgIpc) is 1.96. The molecule has 0 aromatic carbocycles. The van der Waals surface area contributed by atoms with Gasteiger partial charge in [-0.1, -0.05) is 0 Å². The molecule has 1 N–H and O–H groups in total. The van der Waals surface area contributed by atoms with Crippen molar-refractivity contribution in [3.8, 4) is 0 Å². The molecule has 0 amide bonds. The van der Waals surface area contributed by atoms with E-state index in [4.69, 9.17) is 5.11 Å². The van der Waals surface area contributed by atoms with Gasteiger partial charge < -0.3 is 5.11 Å². The molecule has 5 nitrogen and oxygen atoms in total. The first-order chi connectivity index (χ1) is 5.85. The Morgan fingerprint density at radius 2 is 1.92 bits per heavy atom. The SMILES string of the molecule is CC(C)N(C)S(=O)(=O)N1CC(O)C1. The van der Waals surface area contributed by atoms with E-state index in [9.17, 15) is 8.42 Å². The molecular weight excluding hydrogens is 192 g/mol. The second-order valence-electron chi connectivity index (χ2n) is 3.59. The third-order valence-electron chi connectivity index (χ3n) is 2.25. The molecule has 0 saturated carbocycles. The van der Waals surface area contributed by atoms with Gasteiger partial charge in [0, 0.05) is 26.2 Å². The maximum atomic E-state index is 11.6. The van der Waals surface area contributed by atoms with Crippen LogP contribution < -0.4 is 0 Å². The number of aliphatic hydroxyl groups is 1. The standard InChI is InChI=1S/C7H16N2O3S/c1-6(2)8(3)13(11,12)9-4-7(10)5-9/h6-7,10H,4-5H2,1-3H3. The summed E-state index contributed by atoms with van der Waals surface area (Å²) in [6, 6.07) is -0.0530. The predicted molar refractivity (Wildman–Crippen MR) is 49.4 cm³/mol. The fraction of sp³-hybridized carbons (Fsp3) is 1.00. The van der Waals surface area contributed by atoms with Crippen LogP contribution in [0.1, 0.15) is 13.8 Å². The molecular formula is C7H16N2O3S. The molecule has 0 bridgehead atoms. The van der Waals surface area contributed by atoms with E-state index in [1.54, 1.807) is 7.05 Å². The fourth-order valence-corrected chi connectivity index (χ4v) is 2.67. The van der Waals surface area contributed by atoms with Crippen LogP contribution in [0.2, 0.25) is 0 Å². The summed E-state index contributed by atoms with van der Waals surface area (Å²) in [5, 5.41) is 8.98. The van der Waals surface area contributed by atoms with Gasteiger partial charge in [0.1, 0.15) is 0 Å². The molecule has 0 aromatic heterocycles. The van der Waals surface area contributed by atoms with Crippen molar-refractivity contribution in [1.29, 1.82) is 0 Å². The molecule has 0 atom stereocenters. The molecule has 0 radical (unpaired) electrons. The van der Waals surface area contributed by atoms with Gasteiger partial charge in [0.2, 0.25) is 0 Å². The Bertz CT molecular complexity index is 269. The van der Waals surface area contributed by atoms with Gasteiger partial charge in [-0.05, 0) is 13.8 Å². The van der Waals surface area contributed by atoms with Crippen molar-refractivity contribution in [3.63, 3.8) is 0 Å². The lowest BCUT2D eigenvalue weighted by atomic mass is 10.2. The van der Waals surface area contributed by atoms with Crippen molar-refractivity contribution in [1.82, 2.24) is 8.61 Å². The Labute approximate surface area is 79.1 Å². The molecule has 1 aliphatic heterocycles. The van der Waals surface area contributed by atoms with E-state index in [1.165, 1.54) is 8.61 Å². The van der Waals surface area contributed by atoms with Crippen molar-refractivity contribution in [2.75, 3.05) is 20.1 Å². The van der Waals surface area contributed by atoms with Crippen LogP contribution in [0, 0.1) is 0 Å². The van der Waals surface area contributed by atoms with Gasteiger partial charge in [0.25, 0.3) is 10.2 Å². The summed E-state index contributed by atoms with van der Waals surface area (Å²) in [6.45, 7) is 4.07. The smallest absolute Gasteiger partial charge is 0.282 e. The second kappa shape index (κ2) is 3.53. The van der Waals surface area contributed by atoms with Crippen LogP contribution in [0.5, 0.6) is 0 Å². The van der Waals surface area contributed by atoms with Gasteiger partial charge in [-0.3, -0.25) is 0 Å². The van der Waals surface area contributed by atoms with E-state index in [-0.39, 0.29) is 19.1 Å². The zero-order valence-electron chi connectivity index (χ0n) is 8.14. The predicted octanol–water partition coefficient (Wildman–Crippen LogP) is -0.752. The number of nitrogens with zero attached hydrogens (tertiary/aromatic N) is 2. The molecule has 1 aliphatic rings. The quantitative estimate of drug-likeness (QED) is 0.663. The van der Waals surface area contributed by atoms with Crippen LogP contribution in [-0.2, 0) is 10.2 Å². The minimum Gasteiger partial charge on any atom is -0.390 e. The Hall–Kier alpha value is -0.170. The third kappa shape index (κ3) is 2.01. The number of aliphatic hydroxyl groups excluding tert-OH is 1. The highest BCUT2D eigenvalue weighted by molar-refractivity contribution is 7.86. The number of hydrogen-bond donors (Lipinski definition) is 1. The molecule has 13 heavy (non-hydrogen) atoms. The van der Waals surface area contributed by atoms with E-state index >= 15 is 0 Å². The zero-order chi connectivity index (χ0) is 10.2. The topological polar surface area (TPSA) is 60.9 Å². The molecule has 1 heterocycles. The maximum Gasteiger partial charge on any atom is 0.282 e. The highest BCUT2D eigenvalue weighted by Gasteiger charge is 2.37. The summed E-state index contributed by atoms with van der Waals surface area (Å²) in [5.41, 5.74) is 0. The van der Waals surface area contributed by atoms with E-state index < -0.39 is 16.3 Å². The Kier molecular flexibility index (Phi) is 2.96. The molecule has 1 saturated heterocycles. The summed E-state index contributed by atoms with van der Waals surface area (Å²) < 4.78 is 25.9. The number of hydrogen-bond acceptors (Lipinski definition) is 3. The summed E-state index contributed by atoms with van der Waals surface area (Å²) in [7, 11) is -1.78. The normalized spacial score (nSPS) is 21.1. The summed E-state index contributed by atoms with van der Waals surface area (Å²) in [4.78, 5) is 0. The van der Waals surface area contributed by atoms with Gasteiger partial charge in [-0.2, -0.15) is 17.0 Å². The minimum atomic E-state index is -3.33. The Morgan fingerprint density at radius 1 is 1.46 bits per heavy atom. The first-order valence-electron chi connectivity index (χ1n) is 4.27. The van der Waals surface area contributed by atoms with Crippen LogP contribution in [-0.4, -0.2) is 54.4 Å². The lowest BCUT2D eigenvalue weighted by molar-refractivity contribution is 0.0504. The Morgan fingerprint density at radius 3 is 2.23 bits per heavy atom. The lowest BCUT2D eigenvalue weighted by Crippen LogP contribution is -2.57. The highest BCUT2D eigenvalue weighted by Crippen LogP contribution is 2.17. The zero-order valence-corrected chi connectivity index (χ0v) is 8.95. The van der Waals surface area contributed by atoms with Crippen molar-refractivity contribution < 1.29 is 13.5 Å². The van der Waals surface area contributed by atoms with Crippen LogP contribution in [0.3, 0.4) is 0 Å². The van der Waals surface area contributed by atoms with Crippen molar-refractivity contribution in [2.45, 2.75) is 26.0 Å². The van der Waals surface area contributed by atoms with Crippen LogP contribution >= 0.6 is 0 Å². The third-order valence-corrected chi connectivity index (χ3v) is 4.35.